The molecule has 3 nitrogen and oxygen atoms in total. The zero-order valence-electron chi connectivity index (χ0n) is 10.7. The summed E-state index contributed by atoms with van der Waals surface area (Å²) < 4.78 is 0. The summed E-state index contributed by atoms with van der Waals surface area (Å²) in [6.07, 6.45) is 0.806. The standard InChI is InChI=1S/C11H25N3S/c1-6-14(9(2)7-11(12)15)10(3)8-13(4)5/h9-10H,6-8H2,1-5H3,(H2,12,15). The van der Waals surface area contributed by atoms with Crippen molar-refractivity contribution in [3.63, 3.8) is 0 Å². The third-order valence-corrected chi connectivity index (χ3v) is 2.79. The van der Waals surface area contributed by atoms with E-state index in [-0.39, 0.29) is 0 Å². The van der Waals surface area contributed by atoms with Crippen molar-refractivity contribution >= 4 is 17.2 Å². The lowest BCUT2D eigenvalue weighted by molar-refractivity contribution is 0.140. The summed E-state index contributed by atoms with van der Waals surface area (Å²) in [7, 11) is 4.20. The lowest BCUT2D eigenvalue weighted by atomic mass is 10.1. The molecule has 0 aliphatic rings. The summed E-state index contributed by atoms with van der Waals surface area (Å²) in [5.41, 5.74) is 5.58. The van der Waals surface area contributed by atoms with E-state index in [9.17, 15) is 0 Å². The van der Waals surface area contributed by atoms with Crippen LogP contribution in [0.1, 0.15) is 27.2 Å². The monoisotopic (exact) mass is 231 g/mol. The molecular weight excluding hydrogens is 206 g/mol. The maximum Gasteiger partial charge on any atom is 0.0742 e. The van der Waals surface area contributed by atoms with Gasteiger partial charge >= 0.3 is 0 Å². The number of hydrogen-bond donors (Lipinski definition) is 1. The first-order chi connectivity index (χ1) is 6.88. The average molecular weight is 231 g/mol. The number of nitrogens with two attached hydrogens (primary N) is 1. The normalized spacial score (nSPS) is 15.7. The molecule has 2 N–H and O–H groups in total. The number of hydrogen-bond acceptors (Lipinski definition) is 3. The van der Waals surface area contributed by atoms with Gasteiger partial charge in [0.15, 0.2) is 0 Å². The lowest BCUT2D eigenvalue weighted by Crippen LogP contribution is -2.46. The summed E-state index contributed by atoms with van der Waals surface area (Å²) in [5.74, 6) is 0. The molecule has 0 aliphatic carbocycles. The number of rotatable bonds is 7. The van der Waals surface area contributed by atoms with E-state index in [1.165, 1.54) is 0 Å². The molecule has 2 atom stereocenters. The van der Waals surface area contributed by atoms with Gasteiger partial charge in [0, 0.05) is 25.0 Å². The zero-order valence-corrected chi connectivity index (χ0v) is 11.5. The van der Waals surface area contributed by atoms with Crippen LogP contribution in [0.2, 0.25) is 0 Å². The molecule has 0 aromatic carbocycles. The van der Waals surface area contributed by atoms with Crippen molar-refractivity contribution in [2.75, 3.05) is 27.2 Å². The van der Waals surface area contributed by atoms with Gasteiger partial charge in [-0.05, 0) is 34.5 Å². The Morgan fingerprint density at radius 3 is 2.13 bits per heavy atom. The minimum atomic E-state index is 0.433. The zero-order chi connectivity index (χ0) is 12.0. The van der Waals surface area contributed by atoms with Crippen molar-refractivity contribution in [3.8, 4) is 0 Å². The fourth-order valence-corrected chi connectivity index (χ4v) is 2.34. The van der Waals surface area contributed by atoms with E-state index < -0.39 is 0 Å². The van der Waals surface area contributed by atoms with Gasteiger partial charge in [-0.15, -0.1) is 0 Å². The fourth-order valence-electron chi connectivity index (χ4n) is 2.10. The molecule has 0 bridgehead atoms. The van der Waals surface area contributed by atoms with E-state index in [0.29, 0.717) is 17.1 Å². The molecule has 0 amide bonds. The Morgan fingerprint density at radius 1 is 1.27 bits per heavy atom. The van der Waals surface area contributed by atoms with E-state index in [1.807, 2.05) is 0 Å². The molecular formula is C11H25N3S. The SMILES string of the molecule is CCN(C(C)CC(N)=S)C(C)CN(C)C. The molecule has 0 aromatic heterocycles. The van der Waals surface area contributed by atoms with Crippen LogP contribution >= 0.6 is 12.2 Å². The van der Waals surface area contributed by atoms with Crippen molar-refractivity contribution in [2.24, 2.45) is 5.73 Å². The van der Waals surface area contributed by atoms with E-state index in [2.05, 4.69) is 44.7 Å². The van der Waals surface area contributed by atoms with Gasteiger partial charge in [0.2, 0.25) is 0 Å². The summed E-state index contributed by atoms with van der Waals surface area (Å²) >= 11 is 4.95. The second-order valence-electron chi connectivity index (χ2n) is 4.46. The van der Waals surface area contributed by atoms with Crippen molar-refractivity contribution in [1.29, 1.82) is 0 Å². The second kappa shape index (κ2) is 7.14. The Labute approximate surface area is 99.6 Å². The van der Waals surface area contributed by atoms with Crippen LogP contribution in [-0.4, -0.2) is 54.1 Å². The van der Waals surface area contributed by atoms with Gasteiger partial charge in [0.05, 0.1) is 4.99 Å². The minimum Gasteiger partial charge on any atom is -0.393 e. The van der Waals surface area contributed by atoms with Crippen LogP contribution in [0.4, 0.5) is 0 Å². The molecule has 0 fully saturated rings. The molecule has 15 heavy (non-hydrogen) atoms. The summed E-state index contributed by atoms with van der Waals surface area (Å²) in [5, 5.41) is 0. The molecule has 0 saturated carbocycles. The predicted molar refractivity (Wildman–Crippen MR) is 71.3 cm³/mol. The highest BCUT2D eigenvalue weighted by Crippen LogP contribution is 2.09. The van der Waals surface area contributed by atoms with Gasteiger partial charge in [-0.25, -0.2) is 0 Å². The highest BCUT2D eigenvalue weighted by atomic mass is 32.1. The Morgan fingerprint density at radius 2 is 1.80 bits per heavy atom. The van der Waals surface area contributed by atoms with Crippen LogP contribution in [0.25, 0.3) is 0 Å². The largest absolute Gasteiger partial charge is 0.393 e. The predicted octanol–water partition coefficient (Wildman–Crippen LogP) is 1.32. The smallest absolute Gasteiger partial charge is 0.0742 e. The fraction of sp³-hybridized carbons (Fsp3) is 0.909. The Kier molecular flexibility index (Phi) is 7.05. The summed E-state index contributed by atoms with van der Waals surface area (Å²) in [6.45, 7) is 8.73. The molecule has 0 aromatic rings. The Balaban J connectivity index is 4.26. The molecule has 0 spiro atoms. The lowest BCUT2D eigenvalue weighted by Gasteiger charge is -2.34. The van der Waals surface area contributed by atoms with Crippen LogP contribution in [0.15, 0.2) is 0 Å². The topological polar surface area (TPSA) is 32.5 Å². The third-order valence-electron chi connectivity index (χ3n) is 2.62. The van der Waals surface area contributed by atoms with E-state index in [4.69, 9.17) is 18.0 Å². The molecule has 0 aliphatic heterocycles. The van der Waals surface area contributed by atoms with E-state index in [1.54, 1.807) is 0 Å². The third kappa shape index (κ3) is 6.07. The minimum absolute atomic E-state index is 0.433. The van der Waals surface area contributed by atoms with Gasteiger partial charge in [-0.1, -0.05) is 19.1 Å². The number of likely N-dealkylation sites (N-methyl/N-ethyl adjacent to an activating group) is 2. The van der Waals surface area contributed by atoms with Gasteiger partial charge in [-0.2, -0.15) is 0 Å². The quantitative estimate of drug-likeness (QED) is 0.670. The van der Waals surface area contributed by atoms with Crippen molar-refractivity contribution in [2.45, 2.75) is 39.3 Å². The molecule has 90 valence electrons. The first-order valence-corrected chi connectivity index (χ1v) is 5.98. The van der Waals surface area contributed by atoms with Gasteiger partial charge in [0.1, 0.15) is 0 Å². The molecule has 2 unspecified atom stereocenters. The summed E-state index contributed by atoms with van der Waals surface area (Å²) in [4.78, 5) is 5.26. The average Bonchev–Trinajstić information content (AvgIpc) is 2.01. The van der Waals surface area contributed by atoms with Crippen LogP contribution in [0, 0.1) is 0 Å². The van der Waals surface area contributed by atoms with Gasteiger partial charge in [-0.3, -0.25) is 4.90 Å². The first kappa shape index (κ1) is 14.8. The highest BCUT2D eigenvalue weighted by molar-refractivity contribution is 7.80. The molecule has 0 radical (unpaired) electrons. The molecule has 0 rings (SSSR count). The van der Waals surface area contributed by atoms with Crippen molar-refractivity contribution in [3.05, 3.63) is 0 Å². The van der Waals surface area contributed by atoms with Crippen LogP contribution in [0.3, 0.4) is 0 Å². The first-order valence-electron chi connectivity index (χ1n) is 5.57. The van der Waals surface area contributed by atoms with E-state index in [0.717, 1.165) is 19.5 Å². The molecule has 0 saturated heterocycles. The Bertz CT molecular complexity index is 194. The maximum absolute atomic E-state index is 5.58. The van der Waals surface area contributed by atoms with E-state index >= 15 is 0 Å². The highest BCUT2D eigenvalue weighted by Gasteiger charge is 2.19. The number of nitrogens with zero attached hydrogens (tertiary/aromatic N) is 2. The van der Waals surface area contributed by atoms with Crippen LogP contribution < -0.4 is 5.73 Å². The van der Waals surface area contributed by atoms with Crippen LogP contribution in [-0.2, 0) is 0 Å². The molecule has 4 heteroatoms. The van der Waals surface area contributed by atoms with Crippen molar-refractivity contribution < 1.29 is 0 Å². The number of thiocarbonyl (C=S) groups is 1. The van der Waals surface area contributed by atoms with Crippen LogP contribution in [0.5, 0.6) is 0 Å². The summed E-state index contributed by atoms with van der Waals surface area (Å²) in [6, 6.07) is 0.969. The van der Waals surface area contributed by atoms with Gasteiger partial charge < -0.3 is 10.6 Å². The molecule has 0 heterocycles. The van der Waals surface area contributed by atoms with Gasteiger partial charge in [0.25, 0.3) is 0 Å². The maximum atomic E-state index is 5.58. The Hall–Kier alpha value is -0.190. The second-order valence-corrected chi connectivity index (χ2v) is 4.99. The van der Waals surface area contributed by atoms with Crippen molar-refractivity contribution in [1.82, 2.24) is 9.80 Å².